The number of benzene rings is 2. The van der Waals surface area contributed by atoms with Gasteiger partial charge in [-0.05, 0) is 36.8 Å². The van der Waals surface area contributed by atoms with Crippen molar-refractivity contribution in [2.75, 3.05) is 12.8 Å². The highest BCUT2D eigenvalue weighted by atomic mass is 19.4. The fourth-order valence-electron chi connectivity index (χ4n) is 2.82. The van der Waals surface area contributed by atoms with Crippen LogP contribution < -0.4 is 15.2 Å². The first kappa shape index (κ1) is 20.5. The second-order valence-corrected chi connectivity index (χ2v) is 6.22. The van der Waals surface area contributed by atoms with Crippen LogP contribution in [0.5, 0.6) is 11.5 Å². The summed E-state index contributed by atoms with van der Waals surface area (Å²) >= 11 is 0. The van der Waals surface area contributed by atoms with E-state index in [9.17, 15) is 13.2 Å². The molecule has 154 valence electrons. The van der Waals surface area contributed by atoms with Gasteiger partial charge in [-0.2, -0.15) is 18.3 Å². The molecular formula is C20H19F4N3O2. The van der Waals surface area contributed by atoms with Gasteiger partial charge in [-0.3, -0.25) is 4.68 Å². The molecule has 0 aliphatic carbocycles. The quantitative estimate of drug-likeness (QED) is 0.465. The molecule has 0 amide bonds. The van der Waals surface area contributed by atoms with Crippen LogP contribution in [0, 0.1) is 5.82 Å². The monoisotopic (exact) mass is 409 g/mol. The van der Waals surface area contributed by atoms with Gasteiger partial charge in [0.25, 0.3) is 0 Å². The first-order valence-corrected chi connectivity index (χ1v) is 8.73. The standard InChI is InChI=1S/C20H19F4N3O2/c1-3-27-10-14(19(26-27)20(22,23)24)17-15(25)8-9-16(18(17)21)29-11-12-4-6-13(28-2)7-5-12/h4-10H,3,11,25H2,1-2H3. The highest BCUT2D eigenvalue weighted by molar-refractivity contribution is 5.80. The zero-order valence-electron chi connectivity index (χ0n) is 15.8. The molecule has 0 atom stereocenters. The Morgan fingerprint density at radius 1 is 1.10 bits per heavy atom. The number of rotatable bonds is 6. The minimum absolute atomic E-state index is 0.0185. The fraction of sp³-hybridized carbons (Fsp3) is 0.250. The molecule has 0 bridgehead atoms. The second-order valence-electron chi connectivity index (χ2n) is 6.22. The first-order chi connectivity index (χ1) is 13.7. The van der Waals surface area contributed by atoms with Gasteiger partial charge in [0.2, 0.25) is 0 Å². The summed E-state index contributed by atoms with van der Waals surface area (Å²) < 4.78 is 66.9. The number of hydrogen-bond donors (Lipinski definition) is 1. The molecule has 0 spiro atoms. The van der Waals surface area contributed by atoms with Crippen molar-refractivity contribution in [2.24, 2.45) is 0 Å². The molecule has 9 heteroatoms. The average Bonchev–Trinajstić information content (AvgIpc) is 3.12. The van der Waals surface area contributed by atoms with Crippen molar-refractivity contribution < 1.29 is 27.0 Å². The number of ether oxygens (including phenoxy) is 2. The molecule has 1 heterocycles. The molecule has 1 aromatic heterocycles. The molecule has 0 aliphatic heterocycles. The lowest BCUT2D eigenvalue weighted by Gasteiger charge is -2.13. The molecule has 0 saturated carbocycles. The van der Waals surface area contributed by atoms with Crippen LogP contribution in [0.2, 0.25) is 0 Å². The minimum Gasteiger partial charge on any atom is -0.497 e. The number of methoxy groups -OCH3 is 1. The summed E-state index contributed by atoms with van der Waals surface area (Å²) in [5.74, 6) is -0.524. The summed E-state index contributed by atoms with van der Waals surface area (Å²) in [6, 6.07) is 9.51. The van der Waals surface area contributed by atoms with Crippen LogP contribution in [0.4, 0.5) is 23.2 Å². The van der Waals surface area contributed by atoms with Crippen LogP contribution in [0.1, 0.15) is 18.2 Å². The second kappa shape index (κ2) is 8.02. The number of halogens is 4. The number of aryl methyl sites for hydroxylation is 1. The van der Waals surface area contributed by atoms with Crippen LogP contribution in [-0.2, 0) is 19.3 Å². The molecule has 29 heavy (non-hydrogen) atoms. The predicted octanol–water partition coefficient (Wildman–Crippen LogP) is 4.90. The lowest BCUT2D eigenvalue weighted by atomic mass is 10.0. The van der Waals surface area contributed by atoms with Gasteiger partial charge in [0, 0.05) is 29.6 Å². The number of aromatic nitrogens is 2. The van der Waals surface area contributed by atoms with Crippen molar-refractivity contribution in [1.82, 2.24) is 9.78 Å². The zero-order chi connectivity index (χ0) is 21.2. The van der Waals surface area contributed by atoms with Crippen molar-refractivity contribution in [3.63, 3.8) is 0 Å². The summed E-state index contributed by atoms with van der Waals surface area (Å²) in [5, 5.41) is 3.51. The minimum atomic E-state index is -4.76. The Morgan fingerprint density at radius 2 is 1.79 bits per heavy atom. The van der Waals surface area contributed by atoms with Crippen LogP contribution in [0.25, 0.3) is 11.1 Å². The van der Waals surface area contributed by atoms with Crippen LogP contribution in [-0.4, -0.2) is 16.9 Å². The van der Waals surface area contributed by atoms with E-state index in [0.717, 1.165) is 16.4 Å². The Balaban J connectivity index is 1.96. The van der Waals surface area contributed by atoms with E-state index in [2.05, 4.69) is 5.10 Å². The van der Waals surface area contributed by atoms with Gasteiger partial charge in [0.15, 0.2) is 17.3 Å². The Morgan fingerprint density at radius 3 is 2.38 bits per heavy atom. The molecule has 0 aliphatic rings. The van der Waals surface area contributed by atoms with E-state index < -0.39 is 23.3 Å². The molecule has 2 N–H and O–H groups in total. The molecule has 0 fully saturated rings. The summed E-state index contributed by atoms with van der Waals surface area (Å²) in [6.07, 6.45) is -3.63. The van der Waals surface area contributed by atoms with Gasteiger partial charge < -0.3 is 15.2 Å². The normalized spacial score (nSPS) is 11.5. The Labute approximate surface area is 164 Å². The maximum absolute atomic E-state index is 15.1. The maximum Gasteiger partial charge on any atom is 0.435 e. The summed E-state index contributed by atoms with van der Waals surface area (Å²) in [4.78, 5) is 0. The first-order valence-electron chi connectivity index (χ1n) is 8.73. The molecule has 5 nitrogen and oxygen atoms in total. The number of anilines is 1. The van der Waals surface area contributed by atoms with Gasteiger partial charge in [0.1, 0.15) is 12.4 Å². The number of nitrogens with two attached hydrogens (primary N) is 1. The van der Waals surface area contributed by atoms with E-state index >= 15 is 4.39 Å². The average molecular weight is 409 g/mol. The fourth-order valence-corrected chi connectivity index (χ4v) is 2.82. The molecule has 3 aromatic rings. The van der Waals surface area contributed by atoms with Gasteiger partial charge in [-0.1, -0.05) is 12.1 Å². The van der Waals surface area contributed by atoms with Gasteiger partial charge >= 0.3 is 6.18 Å². The van der Waals surface area contributed by atoms with E-state index in [0.29, 0.717) is 5.75 Å². The SMILES string of the molecule is CCn1cc(-c2c(N)ccc(OCc3ccc(OC)cc3)c2F)c(C(F)(F)F)n1. The molecule has 3 rings (SSSR count). The number of nitrogens with zero attached hydrogens (tertiary/aromatic N) is 2. The molecular weight excluding hydrogens is 390 g/mol. The maximum atomic E-state index is 15.1. The highest BCUT2D eigenvalue weighted by Gasteiger charge is 2.38. The van der Waals surface area contributed by atoms with E-state index in [1.54, 1.807) is 31.2 Å². The lowest BCUT2D eigenvalue weighted by molar-refractivity contribution is -0.141. The van der Waals surface area contributed by atoms with Crippen LogP contribution in [0.15, 0.2) is 42.6 Å². The van der Waals surface area contributed by atoms with E-state index in [-0.39, 0.29) is 30.2 Å². The number of nitrogen functional groups attached to an aromatic ring is 1. The molecule has 2 aromatic carbocycles. The van der Waals surface area contributed by atoms with Crippen molar-refractivity contribution >= 4 is 5.69 Å². The predicted molar refractivity (Wildman–Crippen MR) is 100 cm³/mol. The zero-order valence-corrected chi connectivity index (χ0v) is 15.8. The summed E-state index contributed by atoms with van der Waals surface area (Å²) in [7, 11) is 1.53. The van der Waals surface area contributed by atoms with E-state index in [4.69, 9.17) is 15.2 Å². The van der Waals surface area contributed by atoms with Crippen LogP contribution in [0.3, 0.4) is 0 Å². The Hall–Kier alpha value is -3.23. The Kier molecular flexibility index (Phi) is 5.67. The van der Waals surface area contributed by atoms with Gasteiger partial charge in [0.05, 0.1) is 7.11 Å². The van der Waals surface area contributed by atoms with E-state index in [1.807, 2.05) is 0 Å². The van der Waals surface area contributed by atoms with Gasteiger partial charge in [-0.25, -0.2) is 4.39 Å². The third-order valence-corrected chi connectivity index (χ3v) is 4.32. The highest BCUT2D eigenvalue weighted by Crippen LogP contribution is 2.41. The van der Waals surface area contributed by atoms with Crippen molar-refractivity contribution in [3.05, 3.63) is 59.7 Å². The third-order valence-electron chi connectivity index (χ3n) is 4.32. The summed E-state index contributed by atoms with van der Waals surface area (Å²) in [6.45, 7) is 1.84. The smallest absolute Gasteiger partial charge is 0.435 e. The number of alkyl halides is 3. The lowest BCUT2D eigenvalue weighted by Crippen LogP contribution is -2.10. The van der Waals surface area contributed by atoms with Crippen molar-refractivity contribution in [3.8, 4) is 22.6 Å². The number of hydrogen-bond acceptors (Lipinski definition) is 4. The molecule has 0 saturated heterocycles. The van der Waals surface area contributed by atoms with E-state index in [1.165, 1.54) is 19.2 Å². The van der Waals surface area contributed by atoms with Crippen LogP contribution >= 0.6 is 0 Å². The van der Waals surface area contributed by atoms with Crippen molar-refractivity contribution in [1.29, 1.82) is 0 Å². The van der Waals surface area contributed by atoms with Gasteiger partial charge in [-0.15, -0.1) is 0 Å². The molecule has 0 radical (unpaired) electrons. The topological polar surface area (TPSA) is 62.3 Å². The third kappa shape index (κ3) is 4.28. The summed E-state index contributed by atoms with van der Waals surface area (Å²) in [5.41, 5.74) is 4.40. The Bertz CT molecular complexity index is 998. The molecule has 0 unspecified atom stereocenters. The van der Waals surface area contributed by atoms with Crippen molar-refractivity contribution in [2.45, 2.75) is 26.3 Å². The largest absolute Gasteiger partial charge is 0.497 e.